The first kappa shape index (κ1) is 16.7. The van der Waals surface area contributed by atoms with Gasteiger partial charge in [0.05, 0.1) is 12.9 Å². The smallest absolute Gasteiger partial charge is 0.241 e. The number of β-amino-alcohol motifs (C(OH)–C–C–N with tert-alkyl or cyclic N) is 1. The quantitative estimate of drug-likeness (QED) is 0.714. The Morgan fingerprint density at radius 2 is 1.81 bits per heavy atom. The summed E-state index contributed by atoms with van der Waals surface area (Å²) in [4.78, 5) is 16.5. The van der Waals surface area contributed by atoms with Crippen molar-refractivity contribution in [3.8, 4) is 0 Å². The number of carbonyl (C=O) groups excluding carboxylic acids is 1. The van der Waals surface area contributed by atoms with Gasteiger partial charge in [0.1, 0.15) is 6.04 Å². The monoisotopic (exact) mass is 319 g/mol. The molecule has 21 heavy (non-hydrogen) atoms. The molecule has 2 saturated heterocycles. The molecule has 0 radical (unpaired) electrons. The third kappa shape index (κ3) is 4.15. The summed E-state index contributed by atoms with van der Waals surface area (Å²) in [6.07, 6.45) is 3.51. The summed E-state index contributed by atoms with van der Waals surface area (Å²) < 4.78 is 25.0. The Labute approximate surface area is 126 Å². The van der Waals surface area contributed by atoms with Gasteiger partial charge in [-0.1, -0.05) is 6.42 Å². The van der Waals surface area contributed by atoms with E-state index in [1.807, 2.05) is 0 Å². The maximum atomic E-state index is 12.6. The number of aliphatic hydroxyl groups excluding tert-OH is 1. The van der Waals surface area contributed by atoms with E-state index in [4.69, 9.17) is 5.11 Å². The van der Waals surface area contributed by atoms with Crippen LogP contribution in [0, 0.1) is 0 Å². The predicted molar refractivity (Wildman–Crippen MR) is 79.3 cm³/mol. The Kier molecular flexibility index (Phi) is 5.59. The van der Waals surface area contributed by atoms with Crippen molar-refractivity contribution in [3.63, 3.8) is 0 Å². The largest absolute Gasteiger partial charge is 0.395 e. The second kappa shape index (κ2) is 7.04. The zero-order chi connectivity index (χ0) is 15.5. The highest BCUT2D eigenvalue weighted by Gasteiger charge is 2.37. The number of hydrogen-bond donors (Lipinski definition) is 1. The van der Waals surface area contributed by atoms with E-state index in [9.17, 15) is 13.2 Å². The van der Waals surface area contributed by atoms with E-state index < -0.39 is 16.1 Å². The molecule has 2 fully saturated rings. The molecule has 0 aliphatic carbocycles. The third-order valence-corrected chi connectivity index (χ3v) is 5.55. The van der Waals surface area contributed by atoms with E-state index in [0.29, 0.717) is 32.6 Å². The Morgan fingerprint density at radius 1 is 1.14 bits per heavy atom. The molecule has 1 amide bonds. The predicted octanol–water partition coefficient (Wildman–Crippen LogP) is -1.06. The van der Waals surface area contributed by atoms with Gasteiger partial charge in [-0.3, -0.25) is 9.69 Å². The summed E-state index contributed by atoms with van der Waals surface area (Å²) in [5, 5.41) is 8.93. The Balaban J connectivity index is 1.98. The molecule has 0 aromatic carbocycles. The first-order valence-corrected chi connectivity index (χ1v) is 9.37. The number of aliphatic hydroxyl groups is 1. The fourth-order valence-electron chi connectivity index (χ4n) is 3.09. The number of carbonyl (C=O) groups is 1. The van der Waals surface area contributed by atoms with Gasteiger partial charge in [-0.15, -0.1) is 0 Å². The number of amides is 1. The van der Waals surface area contributed by atoms with E-state index in [1.54, 1.807) is 4.90 Å². The minimum Gasteiger partial charge on any atom is -0.395 e. The lowest BCUT2D eigenvalue weighted by Gasteiger charge is -2.39. The fourth-order valence-corrected chi connectivity index (χ4v) is 4.21. The molecule has 8 heteroatoms. The summed E-state index contributed by atoms with van der Waals surface area (Å²) >= 11 is 0. The highest BCUT2D eigenvalue weighted by Crippen LogP contribution is 2.22. The molecule has 2 rings (SSSR count). The van der Waals surface area contributed by atoms with Crippen molar-refractivity contribution in [2.75, 3.05) is 52.1 Å². The molecule has 1 atom stereocenters. The van der Waals surface area contributed by atoms with Crippen LogP contribution in [0.4, 0.5) is 0 Å². The number of piperidine rings is 1. The van der Waals surface area contributed by atoms with Crippen LogP contribution < -0.4 is 0 Å². The average molecular weight is 319 g/mol. The molecule has 2 aliphatic heterocycles. The van der Waals surface area contributed by atoms with E-state index >= 15 is 0 Å². The Morgan fingerprint density at radius 3 is 2.38 bits per heavy atom. The number of hydrogen-bond acceptors (Lipinski definition) is 5. The van der Waals surface area contributed by atoms with Crippen molar-refractivity contribution in [1.29, 1.82) is 0 Å². The van der Waals surface area contributed by atoms with Crippen LogP contribution in [0.5, 0.6) is 0 Å². The molecular weight excluding hydrogens is 294 g/mol. The Hall–Kier alpha value is -0.700. The van der Waals surface area contributed by atoms with Gasteiger partial charge in [-0.25, -0.2) is 8.42 Å². The number of sulfonamides is 1. The minimum atomic E-state index is -3.34. The van der Waals surface area contributed by atoms with Crippen LogP contribution in [0.25, 0.3) is 0 Å². The molecule has 1 unspecified atom stereocenters. The third-order valence-electron chi connectivity index (χ3n) is 4.26. The second-order valence-electron chi connectivity index (χ2n) is 5.78. The van der Waals surface area contributed by atoms with Crippen molar-refractivity contribution in [2.45, 2.75) is 25.3 Å². The van der Waals surface area contributed by atoms with Crippen LogP contribution in [0.2, 0.25) is 0 Å². The van der Waals surface area contributed by atoms with Crippen molar-refractivity contribution >= 4 is 15.9 Å². The minimum absolute atomic E-state index is 0.0660. The SMILES string of the molecule is CS(=O)(=O)N1CCCCC1C(=O)N1CCN(CCO)CC1. The van der Waals surface area contributed by atoms with Crippen molar-refractivity contribution in [2.24, 2.45) is 0 Å². The van der Waals surface area contributed by atoms with Crippen LogP contribution in [0.1, 0.15) is 19.3 Å². The summed E-state index contributed by atoms with van der Waals surface area (Å²) in [7, 11) is -3.34. The highest BCUT2D eigenvalue weighted by atomic mass is 32.2. The van der Waals surface area contributed by atoms with E-state index in [2.05, 4.69) is 4.90 Å². The van der Waals surface area contributed by atoms with Gasteiger partial charge in [0, 0.05) is 39.3 Å². The zero-order valence-electron chi connectivity index (χ0n) is 12.6. The summed E-state index contributed by atoms with van der Waals surface area (Å²) in [6.45, 7) is 3.87. The van der Waals surface area contributed by atoms with Crippen molar-refractivity contribution < 1.29 is 18.3 Å². The molecule has 0 spiro atoms. The molecular formula is C13H25N3O4S. The van der Waals surface area contributed by atoms with Crippen LogP contribution in [0.15, 0.2) is 0 Å². The molecule has 7 nitrogen and oxygen atoms in total. The lowest BCUT2D eigenvalue weighted by atomic mass is 10.0. The van der Waals surface area contributed by atoms with Crippen LogP contribution in [-0.2, 0) is 14.8 Å². The average Bonchev–Trinajstić information content (AvgIpc) is 2.47. The number of rotatable bonds is 4. The molecule has 0 aromatic heterocycles. The van der Waals surface area contributed by atoms with Crippen LogP contribution in [0.3, 0.4) is 0 Å². The van der Waals surface area contributed by atoms with E-state index in [1.165, 1.54) is 10.6 Å². The summed E-state index contributed by atoms with van der Waals surface area (Å²) in [5.41, 5.74) is 0. The number of nitrogens with zero attached hydrogens (tertiary/aromatic N) is 3. The van der Waals surface area contributed by atoms with Gasteiger partial charge in [-0.05, 0) is 12.8 Å². The van der Waals surface area contributed by atoms with Gasteiger partial charge >= 0.3 is 0 Å². The Bertz CT molecular complexity index is 460. The van der Waals surface area contributed by atoms with Gasteiger partial charge in [-0.2, -0.15) is 4.31 Å². The zero-order valence-corrected chi connectivity index (χ0v) is 13.4. The maximum absolute atomic E-state index is 12.6. The second-order valence-corrected chi connectivity index (χ2v) is 7.71. The summed E-state index contributed by atoms with van der Waals surface area (Å²) in [6, 6.07) is -0.529. The van der Waals surface area contributed by atoms with Gasteiger partial charge in [0.25, 0.3) is 0 Å². The molecule has 2 aliphatic rings. The van der Waals surface area contributed by atoms with Gasteiger partial charge < -0.3 is 10.0 Å². The fraction of sp³-hybridized carbons (Fsp3) is 0.923. The lowest BCUT2D eigenvalue weighted by Crippen LogP contribution is -2.57. The highest BCUT2D eigenvalue weighted by molar-refractivity contribution is 7.88. The standard InChI is InChI=1S/C13H25N3O4S/c1-21(19,20)16-5-3-2-4-12(16)13(18)15-8-6-14(7-9-15)10-11-17/h12,17H,2-11H2,1H3. The molecule has 2 heterocycles. The molecule has 0 bridgehead atoms. The first-order valence-electron chi connectivity index (χ1n) is 7.52. The first-order chi connectivity index (χ1) is 9.93. The number of piperazine rings is 1. The molecule has 1 N–H and O–H groups in total. The van der Waals surface area contributed by atoms with Gasteiger partial charge in [0.2, 0.25) is 15.9 Å². The topological polar surface area (TPSA) is 81.2 Å². The van der Waals surface area contributed by atoms with Crippen LogP contribution >= 0.6 is 0 Å². The molecule has 122 valence electrons. The van der Waals surface area contributed by atoms with Crippen LogP contribution in [-0.4, -0.2) is 91.7 Å². The van der Waals surface area contributed by atoms with Crippen molar-refractivity contribution in [3.05, 3.63) is 0 Å². The van der Waals surface area contributed by atoms with Crippen molar-refractivity contribution in [1.82, 2.24) is 14.1 Å². The molecule has 0 saturated carbocycles. The van der Waals surface area contributed by atoms with Gasteiger partial charge in [0.15, 0.2) is 0 Å². The normalized spacial score (nSPS) is 26.0. The molecule has 0 aromatic rings. The van der Waals surface area contributed by atoms with E-state index in [-0.39, 0.29) is 12.5 Å². The van der Waals surface area contributed by atoms with E-state index in [0.717, 1.165) is 25.9 Å². The summed E-state index contributed by atoms with van der Waals surface area (Å²) in [5.74, 6) is -0.0660. The maximum Gasteiger partial charge on any atom is 0.241 e. The lowest BCUT2D eigenvalue weighted by molar-refractivity contribution is -0.138.